The van der Waals surface area contributed by atoms with Gasteiger partial charge in [-0.1, -0.05) is 13.0 Å². The highest BCUT2D eigenvalue weighted by atomic mass is 15.2. The zero-order valence-electron chi connectivity index (χ0n) is 8.63. The van der Waals surface area contributed by atoms with E-state index in [2.05, 4.69) is 18.9 Å². The molecule has 13 heavy (non-hydrogen) atoms. The average molecular weight is 182 g/mol. The van der Waals surface area contributed by atoms with E-state index in [-0.39, 0.29) is 0 Å². The van der Waals surface area contributed by atoms with Crippen LogP contribution in [0, 0.1) is 11.8 Å². The summed E-state index contributed by atoms with van der Waals surface area (Å²) in [4.78, 5) is 0. The summed E-state index contributed by atoms with van der Waals surface area (Å²) >= 11 is 0. The zero-order valence-corrected chi connectivity index (χ0v) is 8.63. The smallest absolute Gasteiger partial charge is 0.0238 e. The third kappa shape index (κ3) is 3.49. The van der Waals surface area contributed by atoms with Crippen molar-refractivity contribution in [1.29, 1.82) is 0 Å². The molecule has 1 saturated carbocycles. The highest BCUT2D eigenvalue weighted by Crippen LogP contribution is 2.38. The lowest BCUT2D eigenvalue weighted by Crippen LogP contribution is -2.40. The van der Waals surface area contributed by atoms with Crippen molar-refractivity contribution in [2.75, 3.05) is 0 Å². The first-order valence-corrected chi connectivity index (χ1v) is 5.36. The Morgan fingerprint density at radius 3 is 2.77 bits per heavy atom. The lowest BCUT2D eigenvalue weighted by Gasteiger charge is -2.22. The Hall–Kier alpha value is -0.340. The van der Waals surface area contributed by atoms with Crippen LogP contribution in [-0.4, -0.2) is 6.04 Å². The van der Waals surface area contributed by atoms with Crippen LogP contribution >= 0.6 is 0 Å². The van der Waals surface area contributed by atoms with E-state index in [1.54, 1.807) is 0 Å². The molecule has 2 unspecified atom stereocenters. The molecule has 3 N–H and O–H groups in total. The molecule has 0 aliphatic heterocycles. The molecule has 0 aromatic carbocycles. The lowest BCUT2D eigenvalue weighted by molar-refractivity contribution is 0.323. The second kappa shape index (κ2) is 5.40. The molecule has 1 aliphatic carbocycles. The number of hydrazine groups is 1. The first-order valence-electron chi connectivity index (χ1n) is 5.36. The summed E-state index contributed by atoms with van der Waals surface area (Å²) in [5.74, 6) is 7.23. The monoisotopic (exact) mass is 182 g/mol. The van der Waals surface area contributed by atoms with Gasteiger partial charge in [0.05, 0.1) is 0 Å². The number of rotatable bonds is 7. The van der Waals surface area contributed by atoms with Crippen LogP contribution in [0.3, 0.4) is 0 Å². The summed E-state index contributed by atoms with van der Waals surface area (Å²) in [6.45, 7) is 6.04. The minimum Gasteiger partial charge on any atom is -0.271 e. The van der Waals surface area contributed by atoms with Gasteiger partial charge in [0.25, 0.3) is 0 Å². The highest BCUT2D eigenvalue weighted by Gasteiger charge is 2.32. The van der Waals surface area contributed by atoms with E-state index in [9.17, 15) is 0 Å². The molecular formula is C11H22N2. The molecule has 0 aromatic rings. The molecule has 2 nitrogen and oxygen atoms in total. The van der Waals surface area contributed by atoms with E-state index in [4.69, 9.17) is 5.84 Å². The Bertz CT molecular complexity index is 152. The highest BCUT2D eigenvalue weighted by molar-refractivity contribution is 4.85. The molecule has 0 heterocycles. The van der Waals surface area contributed by atoms with Crippen molar-refractivity contribution < 1.29 is 0 Å². The third-order valence-electron chi connectivity index (χ3n) is 3.14. The summed E-state index contributed by atoms with van der Waals surface area (Å²) in [6, 6.07) is 0.507. The predicted molar refractivity (Wildman–Crippen MR) is 57.0 cm³/mol. The number of nitrogens with one attached hydrogen (secondary N) is 1. The van der Waals surface area contributed by atoms with Crippen LogP contribution in [0.25, 0.3) is 0 Å². The fourth-order valence-corrected chi connectivity index (χ4v) is 1.93. The Morgan fingerprint density at radius 1 is 1.62 bits per heavy atom. The molecule has 1 fully saturated rings. The van der Waals surface area contributed by atoms with Crippen LogP contribution in [0.1, 0.15) is 39.0 Å². The molecule has 2 atom stereocenters. The molecule has 0 spiro atoms. The van der Waals surface area contributed by atoms with Crippen molar-refractivity contribution >= 4 is 0 Å². The fraction of sp³-hybridized carbons (Fsp3) is 0.818. The topological polar surface area (TPSA) is 38.0 Å². The molecule has 0 saturated heterocycles. The number of unbranched alkanes of at least 4 members (excludes halogenated alkanes) is 1. The predicted octanol–water partition coefficient (Wildman–Crippen LogP) is 2.22. The second-order valence-corrected chi connectivity index (χ2v) is 4.19. The van der Waals surface area contributed by atoms with E-state index >= 15 is 0 Å². The van der Waals surface area contributed by atoms with Gasteiger partial charge in [-0.2, -0.15) is 0 Å². The van der Waals surface area contributed by atoms with E-state index in [0.717, 1.165) is 18.3 Å². The van der Waals surface area contributed by atoms with Gasteiger partial charge in [0, 0.05) is 6.04 Å². The van der Waals surface area contributed by atoms with Gasteiger partial charge in [0.15, 0.2) is 0 Å². The molecule has 0 bridgehead atoms. The van der Waals surface area contributed by atoms with Crippen LogP contribution in [0.5, 0.6) is 0 Å². The molecular weight excluding hydrogens is 160 g/mol. The number of hydrogen-bond acceptors (Lipinski definition) is 2. The quantitative estimate of drug-likeness (QED) is 0.274. The molecule has 0 amide bonds. The van der Waals surface area contributed by atoms with E-state index in [0.29, 0.717) is 6.04 Å². The summed E-state index contributed by atoms with van der Waals surface area (Å²) in [7, 11) is 0. The maximum Gasteiger partial charge on any atom is 0.0238 e. The first-order chi connectivity index (χ1) is 6.29. The Morgan fingerprint density at radius 2 is 2.31 bits per heavy atom. The van der Waals surface area contributed by atoms with Crippen LogP contribution in [0.15, 0.2) is 12.7 Å². The van der Waals surface area contributed by atoms with Crippen molar-refractivity contribution in [3.63, 3.8) is 0 Å². The van der Waals surface area contributed by atoms with Crippen LogP contribution in [0.4, 0.5) is 0 Å². The van der Waals surface area contributed by atoms with Crippen molar-refractivity contribution in [1.82, 2.24) is 5.43 Å². The molecule has 0 aromatic heterocycles. The molecule has 0 radical (unpaired) electrons. The Balaban J connectivity index is 2.19. The van der Waals surface area contributed by atoms with Gasteiger partial charge in [-0.3, -0.25) is 11.3 Å². The van der Waals surface area contributed by atoms with Gasteiger partial charge >= 0.3 is 0 Å². The van der Waals surface area contributed by atoms with Crippen LogP contribution in [-0.2, 0) is 0 Å². The molecule has 1 aliphatic rings. The van der Waals surface area contributed by atoms with Gasteiger partial charge < -0.3 is 0 Å². The van der Waals surface area contributed by atoms with Crippen molar-refractivity contribution in [3.8, 4) is 0 Å². The van der Waals surface area contributed by atoms with E-state index < -0.39 is 0 Å². The largest absolute Gasteiger partial charge is 0.271 e. The minimum atomic E-state index is 0.507. The van der Waals surface area contributed by atoms with Gasteiger partial charge in [-0.25, -0.2) is 0 Å². The van der Waals surface area contributed by atoms with E-state index in [1.165, 1.54) is 25.7 Å². The van der Waals surface area contributed by atoms with Crippen molar-refractivity contribution in [2.24, 2.45) is 17.7 Å². The van der Waals surface area contributed by atoms with Crippen molar-refractivity contribution in [2.45, 2.75) is 45.1 Å². The van der Waals surface area contributed by atoms with Crippen molar-refractivity contribution in [3.05, 3.63) is 12.7 Å². The fourth-order valence-electron chi connectivity index (χ4n) is 1.93. The zero-order chi connectivity index (χ0) is 9.68. The molecule has 76 valence electrons. The summed E-state index contributed by atoms with van der Waals surface area (Å²) in [5.41, 5.74) is 2.95. The number of hydrogen-bond donors (Lipinski definition) is 2. The summed E-state index contributed by atoms with van der Waals surface area (Å²) < 4.78 is 0. The summed E-state index contributed by atoms with van der Waals surface area (Å²) in [5, 5.41) is 0. The minimum absolute atomic E-state index is 0.507. The van der Waals surface area contributed by atoms with Crippen LogP contribution in [0.2, 0.25) is 0 Å². The SMILES string of the molecule is C=CCCCC(NN)C(C)C1CC1. The first kappa shape index (κ1) is 10.7. The number of nitrogens with two attached hydrogens (primary N) is 1. The normalized spacial score (nSPS) is 21.1. The lowest BCUT2D eigenvalue weighted by atomic mass is 9.93. The van der Waals surface area contributed by atoms with Gasteiger partial charge in [-0.15, -0.1) is 6.58 Å². The average Bonchev–Trinajstić information content (AvgIpc) is 2.94. The standard InChI is InChI=1S/C11H22N2/c1-3-4-5-6-11(13-12)9(2)10-7-8-10/h3,9-11,13H,1,4-8,12H2,2H3. The Kier molecular flexibility index (Phi) is 4.46. The second-order valence-electron chi connectivity index (χ2n) is 4.19. The Labute approximate surface area is 81.6 Å². The van der Waals surface area contributed by atoms with Crippen LogP contribution < -0.4 is 11.3 Å². The molecule has 2 heteroatoms. The number of allylic oxidation sites excluding steroid dienone is 1. The van der Waals surface area contributed by atoms with E-state index in [1.807, 2.05) is 6.08 Å². The molecule has 1 rings (SSSR count). The van der Waals surface area contributed by atoms with Gasteiger partial charge in [-0.05, 0) is 43.9 Å². The maximum absolute atomic E-state index is 5.55. The summed E-state index contributed by atoms with van der Waals surface area (Å²) in [6.07, 6.45) is 8.28. The maximum atomic E-state index is 5.55. The van der Waals surface area contributed by atoms with Gasteiger partial charge in [0.1, 0.15) is 0 Å². The van der Waals surface area contributed by atoms with Gasteiger partial charge in [0.2, 0.25) is 0 Å². The third-order valence-corrected chi connectivity index (χ3v) is 3.14.